The Kier molecular flexibility index (Phi) is 5.45. The van der Waals surface area contributed by atoms with Crippen LogP contribution in [0.4, 0.5) is 9.93 Å². The molecule has 1 atom stereocenters. The molecule has 0 aromatic carbocycles. The van der Waals surface area contributed by atoms with Gasteiger partial charge in [0.1, 0.15) is 17.3 Å². The van der Waals surface area contributed by atoms with Crippen molar-refractivity contribution >= 4 is 28.5 Å². The highest BCUT2D eigenvalue weighted by atomic mass is 32.1. The van der Waals surface area contributed by atoms with Crippen LogP contribution in [-0.4, -0.2) is 38.8 Å². The second-order valence-corrected chi connectivity index (χ2v) is 6.96. The first kappa shape index (κ1) is 17.8. The van der Waals surface area contributed by atoms with Gasteiger partial charge in [-0.1, -0.05) is 17.4 Å². The standard InChI is InChI=1S/C15H19N5O3S/c1-9(12(21)23-15(2,3)4)17-13(22)18-14-20-19-11(24-14)10-7-5-6-8-16-10/h5-9H,1-4H3,(H2,17,18,20,22)/t9-/m0/s1. The highest BCUT2D eigenvalue weighted by Gasteiger charge is 2.23. The summed E-state index contributed by atoms with van der Waals surface area (Å²) in [5, 5.41) is 13.8. The molecule has 0 saturated heterocycles. The van der Waals surface area contributed by atoms with Gasteiger partial charge in [0.05, 0.1) is 0 Å². The van der Waals surface area contributed by atoms with E-state index in [1.54, 1.807) is 46.0 Å². The Morgan fingerprint density at radius 3 is 2.62 bits per heavy atom. The first-order chi connectivity index (χ1) is 11.2. The largest absolute Gasteiger partial charge is 0.458 e. The number of pyridine rings is 1. The summed E-state index contributed by atoms with van der Waals surface area (Å²) in [7, 11) is 0. The zero-order chi connectivity index (χ0) is 17.7. The van der Waals surface area contributed by atoms with E-state index in [-0.39, 0.29) is 0 Å². The van der Waals surface area contributed by atoms with Gasteiger partial charge in [-0.3, -0.25) is 10.3 Å². The molecule has 0 saturated carbocycles. The topological polar surface area (TPSA) is 106 Å². The third-order valence-electron chi connectivity index (χ3n) is 2.64. The molecule has 2 heterocycles. The first-order valence-corrected chi connectivity index (χ1v) is 8.11. The molecule has 8 nitrogen and oxygen atoms in total. The highest BCUT2D eigenvalue weighted by Crippen LogP contribution is 2.24. The van der Waals surface area contributed by atoms with Crippen LogP contribution in [0.1, 0.15) is 27.7 Å². The van der Waals surface area contributed by atoms with Crippen LogP contribution in [0.15, 0.2) is 24.4 Å². The number of ether oxygens (including phenoxy) is 1. The van der Waals surface area contributed by atoms with Crippen LogP contribution in [0.25, 0.3) is 10.7 Å². The average molecular weight is 349 g/mol. The van der Waals surface area contributed by atoms with Gasteiger partial charge in [0, 0.05) is 6.20 Å². The van der Waals surface area contributed by atoms with Crippen LogP contribution in [0.5, 0.6) is 0 Å². The number of nitrogens with zero attached hydrogens (tertiary/aromatic N) is 3. The zero-order valence-electron chi connectivity index (χ0n) is 13.9. The second kappa shape index (κ2) is 7.35. The van der Waals surface area contributed by atoms with E-state index < -0.39 is 23.6 Å². The predicted octanol–water partition coefficient (Wildman–Crippen LogP) is 2.45. The molecular weight excluding hydrogens is 330 g/mol. The Labute approximate surface area is 143 Å². The molecule has 2 N–H and O–H groups in total. The minimum absolute atomic E-state index is 0.310. The Morgan fingerprint density at radius 1 is 1.25 bits per heavy atom. The summed E-state index contributed by atoms with van der Waals surface area (Å²) in [6, 6.07) is 4.10. The zero-order valence-corrected chi connectivity index (χ0v) is 14.7. The molecule has 0 unspecified atom stereocenters. The van der Waals surface area contributed by atoms with E-state index in [1.807, 2.05) is 6.07 Å². The van der Waals surface area contributed by atoms with Crippen molar-refractivity contribution in [2.75, 3.05) is 5.32 Å². The third-order valence-corrected chi connectivity index (χ3v) is 3.50. The highest BCUT2D eigenvalue weighted by molar-refractivity contribution is 7.18. The van der Waals surface area contributed by atoms with Crippen molar-refractivity contribution in [2.24, 2.45) is 0 Å². The van der Waals surface area contributed by atoms with Gasteiger partial charge in [-0.15, -0.1) is 10.2 Å². The number of hydrogen-bond acceptors (Lipinski definition) is 7. The van der Waals surface area contributed by atoms with Crippen molar-refractivity contribution in [3.63, 3.8) is 0 Å². The smallest absolute Gasteiger partial charge is 0.328 e. The van der Waals surface area contributed by atoms with E-state index in [2.05, 4.69) is 25.8 Å². The number of carbonyl (C=O) groups is 2. The maximum absolute atomic E-state index is 11.9. The van der Waals surface area contributed by atoms with Gasteiger partial charge < -0.3 is 10.1 Å². The van der Waals surface area contributed by atoms with Gasteiger partial charge in [-0.05, 0) is 39.8 Å². The minimum atomic E-state index is -0.785. The lowest BCUT2D eigenvalue weighted by molar-refractivity contribution is -0.156. The number of anilines is 1. The van der Waals surface area contributed by atoms with E-state index in [1.165, 1.54) is 11.3 Å². The van der Waals surface area contributed by atoms with Crippen LogP contribution in [0.2, 0.25) is 0 Å². The molecule has 0 radical (unpaired) electrons. The number of esters is 1. The van der Waals surface area contributed by atoms with Crippen LogP contribution >= 0.6 is 11.3 Å². The summed E-state index contributed by atoms with van der Waals surface area (Å²) in [6.07, 6.45) is 1.65. The third kappa shape index (κ3) is 5.27. The molecule has 0 aliphatic carbocycles. The number of amides is 2. The normalized spacial score (nSPS) is 12.3. The number of urea groups is 1. The van der Waals surface area contributed by atoms with E-state index in [0.717, 1.165) is 0 Å². The Balaban J connectivity index is 1.91. The first-order valence-electron chi connectivity index (χ1n) is 7.30. The molecule has 0 fully saturated rings. The molecule has 2 amide bonds. The summed E-state index contributed by atoms with van der Waals surface area (Å²) in [4.78, 5) is 27.9. The Morgan fingerprint density at radius 2 is 2.00 bits per heavy atom. The van der Waals surface area contributed by atoms with Gasteiger partial charge in [0.2, 0.25) is 5.13 Å². The van der Waals surface area contributed by atoms with Gasteiger partial charge in [0.15, 0.2) is 5.01 Å². The fourth-order valence-corrected chi connectivity index (χ4v) is 2.36. The van der Waals surface area contributed by atoms with Crippen molar-refractivity contribution < 1.29 is 14.3 Å². The van der Waals surface area contributed by atoms with Crippen molar-refractivity contribution in [3.05, 3.63) is 24.4 Å². The molecule has 2 rings (SSSR count). The number of nitrogens with one attached hydrogen (secondary N) is 2. The molecule has 0 bridgehead atoms. The summed E-state index contributed by atoms with van der Waals surface area (Å²) in [5.41, 5.74) is 0.0610. The van der Waals surface area contributed by atoms with Crippen molar-refractivity contribution in [2.45, 2.75) is 39.3 Å². The second-order valence-electron chi connectivity index (χ2n) is 5.98. The SMILES string of the molecule is C[C@H](NC(=O)Nc1nnc(-c2ccccn2)s1)C(=O)OC(C)(C)C. The number of carbonyl (C=O) groups excluding carboxylic acids is 2. The molecule has 24 heavy (non-hydrogen) atoms. The lowest BCUT2D eigenvalue weighted by Gasteiger charge is -2.22. The average Bonchev–Trinajstić information content (AvgIpc) is 2.94. The fourth-order valence-electron chi connectivity index (χ4n) is 1.65. The summed E-state index contributed by atoms with van der Waals surface area (Å²) >= 11 is 1.19. The lowest BCUT2D eigenvalue weighted by atomic mass is 10.2. The lowest BCUT2D eigenvalue weighted by Crippen LogP contribution is -2.43. The summed E-state index contributed by atoms with van der Waals surface area (Å²) in [6.45, 7) is 6.83. The number of hydrogen-bond donors (Lipinski definition) is 2. The van der Waals surface area contributed by atoms with Gasteiger partial charge in [-0.2, -0.15) is 0 Å². The maximum Gasteiger partial charge on any atom is 0.328 e. The number of aromatic nitrogens is 3. The van der Waals surface area contributed by atoms with Crippen LogP contribution < -0.4 is 10.6 Å². The van der Waals surface area contributed by atoms with E-state index in [4.69, 9.17) is 4.74 Å². The molecular formula is C15H19N5O3S. The molecule has 2 aromatic rings. The van der Waals surface area contributed by atoms with E-state index in [0.29, 0.717) is 15.8 Å². The Hall–Kier alpha value is -2.55. The summed E-state index contributed by atoms with van der Waals surface area (Å²) in [5.74, 6) is -0.510. The molecule has 128 valence electrons. The van der Waals surface area contributed by atoms with Gasteiger partial charge in [0.25, 0.3) is 0 Å². The fraction of sp³-hybridized carbons (Fsp3) is 0.400. The number of rotatable bonds is 4. The predicted molar refractivity (Wildman–Crippen MR) is 90.6 cm³/mol. The van der Waals surface area contributed by atoms with Crippen LogP contribution in [0.3, 0.4) is 0 Å². The quantitative estimate of drug-likeness (QED) is 0.821. The van der Waals surface area contributed by atoms with Crippen molar-refractivity contribution in [3.8, 4) is 10.7 Å². The van der Waals surface area contributed by atoms with Crippen molar-refractivity contribution in [1.29, 1.82) is 0 Å². The molecule has 0 spiro atoms. The van der Waals surface area contributed by atoms with Gasteiger partial charge >= 0.3 is 12.0 Å². The molecule has 0 aliphatic heterocycles. The minimum Gasteiger partial charge on any atom is -0.458 e. The Bertz CT molecular complexity index is 711. The van der Waals surface area contributed by atoms with Crippen molar-refractivity contribution in [1.82, 2.24) is 20.5 Å². The van der Waals surface area contributed by atoms with Gasteiger partial charge in [-0.25, -0.2) is 9.59 Å². The molecule has 2 aromatic heterocycles. The summed E-state index contributed by atoms with van der Waals surface area (Å²) < 4.78 is 5.20. The maximum atomic E-state index is 11.9. The van der Waals surface area contributed by atoms with Crippen LogP contribution in [-0.2, 0) is 9.53 Å². The molecule has 9 heteroatoms. The monoisotopic (exact) mass is 349 g/mol. The van der Waals surface area contributed by atoms with E-state index >= 15 is 0 Å². The molecule has 0 aliphatic rings. The van der Waals surface area contributed by atoms with E-state index in [9.17, 15) is 9.59 Å². The van der Waals surface area contributed by atoms with Crippen LogP contribution in [0, 0.1) is 0 Å².